The zero-order chi connectivity index (χ0) is 12.8. The molecule has 0 spiro atoms. The minimum absolute atomic E-state index is 0.641. The first-order valence-electron chi connectivity index (χ1n) is 7.36. The second kappa shape index (κ2) is 4.58. The molecule has 0 bridgehead atoms. The van der Waals surface area contributed by atoms with Crippen LogP contribution in [0.25, 0.3) is 11.2 Å². The predicted octanol–water partition coefficient (Wildman–Crippen LogP) is 4.26. The molecule has 19 heavy (non-hydrogen) atoms. The minimum atomic E-state index is 0.641. The smallest absolute Gasteiger partial charge is 0.161 e. The van der Waals surface area contributed by atoms with Crippen LogP contribution < -0.4 is 0 Å². The molecular formula is C15H18BrN3. The number of rotatable bonds is 1. The minimum Gasteiger partial charge on any atom is -0.309 e. The lowest BCUT2D eigenvalue weighted by molar-refractivity contribution is 0.258. The third kappa shape index (κ3) is 1.92. The van der Waals surface area contributed by atoms with Crippen LogP contribution in [0.1, 0.15) is 50.4 Å². The Labute approximate surface area is 121 Å². The van der Waals surface area contributed by atoms with E-state index in [0.717, 1.165) is 28.1 Å². The fourth-order valence-electron chi connectivity index (χ4n) is 3.89. The van der Waals surface area contributed by atoms with Crippen LogP contribution in [0.3, 0.4) is 0 Å². The van der Waals surface area contributed by atoms with Crippen LogP contribution in [0.5, 0.6) is 0 Å². The van der Waals surface area contributed by atoms with Crippen molar-refractivity contribution < 1.29 is 0 Å². The number of hydrogen-bond donors (Lipinski definition) is 0. The zero-order valence-electron chi connectivity index (χ0n) is 11.0. The van der Waals surface area contributed by atoms with E-state index in [-0.39, 0.29) is 0 Å². The van der Waals surface area contributed by atoms with Crippen LogP contribution >= 0.6 is 15.9 Å². The number of hydrogen-bond acceptors (Lipinski definition) is 2. The van der Waals surface area contributed by atoms with Crippen LogP contribution in [0.2, 0.25) is 0 Å². The van der Waals surface area contributed by atoms with E-state index in [1.54, 1.807) is 0 Å². The lowest BCUT2D eigenvalue weighted by Crippen LogP contribution is -2.19. The van der Waals surface area contributed by atoms with Gasteiger partial charge >= 0.3 is 0 Å². The van der Waals surface area contributed by atoms with Crippen molar-refractivity contribution in [3.63, 3.8) is 0 Å². The maximum atomic E-state index is 4.76. The molecule has 100 valence electrons. The topological polar surface area (TPSA) is 30.7 Å². The largest absolute Gasteiger partial charge is 0.309 e. The first-order valence-corrected chi connectivity index (χ1v) is 8.15. The van der Waals surface area contributed by atoms with E-state index < -0.39 is 0 Å². The van der Waals surface area contributed by atoms with E-state index in [1.165, 1.54) is 44.3 Å². The van der Waals surface area contributed by atoms with Gasteiger partial charge in [0.2, 0.25) is 0 Å². The lowest BCUT2D eigenvalue weighted by atomic mass is 9.83. The summed E-state index contributed by atoms with van der Waals surface area (Å²) in [6, 6.07) is 4.71. The van der Waals surface area contributed by atoms with Gasteiger partial charge in [-0.3, -0.25) is 0 Å². The Bertz CT molecular complexity index is 613. The summed E-state index contributed by atoms with van der Waals surface area (Å²) in [6.45, 7) is 0. The molecule has 1 aliphatic carbocycles. The van der Waals surface area contributed by atoms with Crippen LogP contribution in [0.4, 0.5) is 0 Å². The van der Waals surface area contributed by atoms with Crippen molar-refractivity contribution >= 4 is 27.1 Å². The van der Waals surface area contributed by atoms with Gasteiger partial charge < -0.3 is 4.57 Å². The number of aryl methyl sites for hydroxylation is 1. The van der Waals surface area contributed by atoms with E-state index in [9.17, 15) is 0 Å². The molecule has 1 aliphatic heterocycles. The maximum Gasteiger partial charge on any atom is 0.161 e. The average molecular weight is 320 g/mol. The highest BCUT2D eigenvalue weighted by molar-refractivity contribution is 9.10. The van der Waals surface area contributed by atoms with Gasteiger partial charge in [0.15, 0.2) is 5.65 Å². The molecule has 4 heteroatoms. The van der Waals surface area contributed by atoms with Gasteiger partial charge in [-0.05, 0) is 53.2 Å². The molecule has 3 heterocycles. The summed E-state index contributed by atoms with van der Waals surface area (Å²) in [4.78, 5) is 9.43. The van der Waals surface area contributed by atoms with Gasteiger partial charge in [-0.15, -0.1) is 0 Å². The van der Waals surface area contributed by atoms with Gasteiger partial charge in [0, 0.05) is 12.5 Å². The van der Waals surface area contributed by atoms with Crippen LogP contribution in [0.15, 0.2) is 16.7 Å². The summed E-state index contributed by atoms with van der Waals surface area (Å²) in [6.07, 6.45) is 9.38. The second-order valence-electron chi connectivity index (χ2n) is 5.88. The molecular weight excluding hydrogens is 302 g/mol. The Morgan fingerprint density at radius 2 is 1.89 bits per heavy atom. The molecule has 1 fully saturated rings. The van der Waals surface area contributed by atoms with Gasteiger partial charge in [-0.2, -0.15) is 0 Å². The first-order chi connectivity index (χ1) is 9.33. The van der Waals surface area contributed by atoms with Gasteiger partial charge in [-0.25, -0.2) is 9.97 Å². The van der Waals surface area contributed by atoms with Crippen molar-refractivity contribution in [2.24, 2.45) is 5.92 Å². The van der Waals surface area contributed by atoms with E-state index in [4.69, 9.17) is 4.98 Å². The molecule has 0 saturated heterocycles. The number of aromatic nitrogens is 3. The van der Waals surface area contributed by atoms with Crippen molar-refractivity contribution in [2.45, 2.75) is 51.0 Å². The molecule has 1 atom stereocenters. The molecule has 0 unspecified atom stereocenters. The maximum absolute atomic E-state index is 4.76. The first kappa shape index (κ1) is 11.9. The van der Waals surface area contributed by atoms with Crippen LogP contribution in [-0.2, 0) is 6.42 Å². The summed E-state index contributed by atoms with van der Waals surface area (Å²) in [5.41, 5.74) is 2.14. The zero-order valence-corrected chi connectivity index (χ0v) is 12.6. The summed E-state index contributed by atoms with van der Waals surface area (Å²) in [7, 11) is 0. The lowest BCUT2D eigenvalue weighted by Gasteiger charge is -2.28. The number of halogens is 1. The Morgan fingerprint density at radius 3 is 2.74 bits per heavy atom. The molecule has 3 nitrogen and oxygen atoms in total. The van der Waals surface area contributed by atoms with Crippen molar-refractivity contribution in [1.29, 1.82) is 0 Å². The van der Waals surface area contributed by atoms with Crippen molar-refractivity contribution in [2.75, 3.05) is 0 Å². The molecule has 0 aromatic carbocycles. The highest BCUT2D eigenvalue weighted by atomic mass is 79.9. The fourth-order valence-corrected chi connectivity index (χ4v) is 4.19. The molecule has 2 aromatic heterocycles. The molecule has 2 aliphatic rings. The van der Waals surface area contributed by atoms with Gasteiger partial charge in [0.25, 0.3) is 0 Å². The standard InChI is InChI=1S/C15H18BrN3/c16-13-8-6-11-15(18-13)19-12(7-9-14(19)17-11)10-4-2-1-3-5-10/h6,8,10,12H,1-5,7,9H2/t12-/m1/s1. The van der Waals surface area contributed by atoms with Crippen molar-refractivity contribution in [1.82, 2.24) is 14.5 Å². The van der Waals surface area contributed by atoms with Crippen LogP contribution in [0, 0.1) is 5.92 Å². The number of imidazole rings is 1. The summed E-state index contributed by atoms with van der Waals surface area (Å²) in [5.74, 6) is 2.09. The summed E-state index contributed by atoms with van der Waals surface area (Å²) >= 11 is 3.49. The second-order valence-corrected chi connectivity index (χ2v) is 6.69. The van der Waals surface area contributed by atoms with Crippen LogP contribution in [-0.4, -0.2) is 14.5 Å². The van der Waals surface area contributed by atoms with E-state index in [1.807, 2.05) is 6.07 Å². The predicted molar refractivity (Wildman–Crippen MR) is 79.2 cm³/mol. The van der Waals surface area contributed by atoms with E-state index in [0.29, 0.717) is 6.04 Å². The van der Waals surface area contributed by atoms with Crippen molar-refractivity contribution in [3.05, 3.63) is 22.6 Å². The number of nitrogens with zero attached hydrogens (tertiary/aromatic N) is 3. The normalized spacial score (nSPS) is 23.9. The molecule has 1 saturated carbocycles. The fraction of sp³-hybridized carbons (Fsp3) is 0.600. The average Bonchev–Trinajstić information content (AvgIpc) is 2.99. The Hall–Kier alpha value is -0.900. The Morgan fingerprint density at radius 1 is 1.05 bits per heavy atom. The number of pyridine rings is 1. The molecule has 4 rings (SSSR count). The third-order valence-corrected chi connectivity index (χ3v) is 5.21. The van der Waals surface area contributed by atoms with Gasteiger partial charge in [0.05, 0.1) is 0 Å². The SMILES string of the molecule is Brc1ccc2nc3n(c2n1)[C@@H](C1CCCCC1)CC3. The summed E-state index contributed by atoms with van der Waals surface area (Å²) < 4.78 is 3.35. The van der Waals surface area contributed by atoms with Gasteiger partial charge in [-0.1, -0.05) is 19.3 Å². The highest BCUT2D eigenvalue weighted by Gasteiger charge is 2.33. The van der Waals surface area contributed by atoms with Crippen molar-refractivity contribution in [3.8, 4) is 0 Å². The quantitative estimate of drug-likeness (QED) is 0.735. The molecule has 0 amide bonds. The summed E-state index contributed by atoms with van der Waals surface area (Å²) in [5, 5.41) is 0. The Balaban J connectivity index is 1.79. The van der Waals surface area contributed by atoms with E-state index in [2.05, 4.69) is 31.5 Å². The molecule has 0 N–H and O–H groups in total. The van der Waals surface area contributed by atoms with Gasteiger partial charge in [0.1, 0.15) is 15.9 Å². The molecule has 0 radical (unpaired) electrons. The Kier molecular flexibility index (Phi) is 2.87. The van der Waals surface area contributed by atoms with E-state index >= 15 is 0 Å². The molecule has 2 aromatic rings. The monoisotopic (exact) mass is 319 g/mol. The highest BCUT2D eigenvalue weighted by Crippen LogP contribution is 2.41. The number of fused-ring (bicyclic) bond motifs is 3. The third-order valence-electron chi connectivity index (χ3n) is 4.77.